The van der Waals surface area contributed by atoms with Gasteiger partial charge in [-0.15, -0.1) is 0 Å². The zero-order valence-electron chi connectivity index (χ0n) is 13.4. The monoisotopic (exact) mass is 339 g/mol. The molecule has 0 unspecified atom stereocenters. The molecule has 0 bridgehead atoms. The van der Waals surface area contributed by atoms with Gasteiger partial charge in [-0.3, -0.25) is 9.69 Å². The molecule has 0 amide bonds. The van der Waals surface area contributed by atoms with Crippen LogP contribution >= 0.6 is 0 Å². The van der Waals surface area contributed by atoms with Gasteiger partial charge < -0.3 is 19.7 Å². The van der Waals surface area contributed by atoms with Crippen molar-refractivity contribution in [1.82, 2.24) is 4.90 Å². The van der Waals surface area contributed by atoms with Crippen molar-refractivity contribution in [1.29, 1.82) is 0 Å². The second kappa shape index (κ2) is 10.2. The summed E-state index contributed by atoms with van der Waals surface area (Å²) in [5.74, 6) is -2.34. The average Bonchev–Trinajstić information content (AvgIpc) is 3.09. The van der Waals surface area contributed by atoms with E-state index in [1.807, 2.05) is 0 Å². The fourth-order valence-corrected chi connectivity index (χ4v) is 2.17. The molecule has 0 saturated carbocycles. The number of methoxy groups -OCH3 is 1. The Morgan fingerprint density at radius 1 is 1.17 bits per heavy atom. The Kier molecular flexibility index (Phi) is 8.28. The minimum atomic E-state index is -1.82. The number of rotatable bonds is 6. The number of carbonyl (C=O) groups excluding carboxylic acids is 1. The van der Waals surface area contributed by atoms with Gasteiger partial charge in [0.25, 0.3) is 0 Å². The van der Waals surface area contributed by atoms with Gasteiger partial charge in [-0.2, -0.15) is 0 Å². The molecule has 2 N–H and O–H groups in total. The van der Waals surface area contributed by atoms with Crippen molar-refractivity contribution in [3.05, 3.63) is 23.8 Å². The van der Waals surface area contributed by atoms with Gasteiger partial charge in [0.05, 0.1) is 7.11 Å². The van der Waals surface area contributed by atoms with Gasteiger partial charge in [0.2, 0.25) is 0 Å². The molecule has 0 aliphatic carbocycles. The molecular weight excluding hydrogens is 318 g/mol. The molecule has 1 aliphatic rings. The van der Waals surface area contributed by atoms with Crippen LogP contribution in [-0.2, 0) is 9.59 Å². The average molecular weight is 339 g/mol. The maximum atomic E-state index is 10.7. The Balaban J connectivity index is 0.000000413. The molecule has 1 aromatic carbocycles. The van der Waals surface area contributed by atoms with Crippen LogP contribution in [0.1, 0.15) is 23.2 Å². The number of carbonyl (C=O) groups is 3. The van der Waals surface area contributed by atoms with Crippen LogP contribution < -0.4 is 9.47 Å². The van der Waals surface area contributed by atoms with Gasteiger partial charge in [-0.25, -0.2) is 9.59 Å². The Morgan fingerprint density at radius 2 is 1.79 bits per heavy atom. The molecule has 1 heterocycles. The van der Waals surface area contributed by atoms with Crippen molar-refractivity contribution in [2.75, 3.05) is 33.4 Å². The van der Waals surface area contributed by atoms with E-state index in [4.69, 9.17) is 29.3 Å². The van der Waals surface area contributed by atoms with Crippen molar-refractivity contribution in [2.24, 2.45) is 0 Å². The molecule has 2 rings (SSSR count). The number of ether oxygens (including phenoxy) is 2. The number of carboxylic acids is 2. The number of aliphatic carboxylic acids is 2. The van der Waals surface area contributed by atoms with Crippen LogP contribution in [0.25, 0.3) is 0 Å². The first-order chi connectivity index (χ1) is 11.5. The van der Waals surface area contributed by atoms with E-state index in [1.165, 1.54) is 25.9 Å². The molecule has 1 fully saturated rings. The molecule has 0 aromatic heterocycles. The molecular formula is C16H21NO7. The molecule has 0 spiro atoms. The maximum absolute atomic E-state index is 10.7. The molecule has 0 radical (unpaired) electrons. The van der Waals surface area contributed by atoms with Gasteiger partial charge in [0.1, 0.15) is 12.9 Å². The first-order valence-electron chi connectivity index (χ1n) is 7.42. The van der Waals surface area contributed by atoms with Crippen molar-refractivity contribution < 1.29 is 34.1 Å². The molecule has 0 atom stereocenters. The minimum Gasteiger partial charge on any atom is -0.493 e. The summed E-state index contributed by atoms with van der Waals surface area (Å²) in [6, 6.07) is 5.21. The van der Waals surface area contributed by atoms with Crippen LogP contribution in [0, 0.1) is 0 Å². The number of aldehydes is 1. The first kappa shape index (κ1) is 19.4. The van der Waals surface area contributed by atoms with Gasteiger partial charge in [-0.1, -0.05) is 0 Å². The Hall–Kier alpha value is -2.61. The van der Waals surface area contributed by atoms with Gasteiger partial charge in [0, 0.05) is 12.1 Å². The molecule has 24 heavy (non-hydrogen) atoms. The SMILES string of the molecule is COc1cc(C=O)ccc1OCCN1CCCC1.O=C(O)C(=O)O. The lowest BCUT2D eigenvalue weighted by Gasteiger charge is -2.16. The van der Waals surface area contributed by atoms with E-state index >= 15 is 0 Å². The highest BCUT2D eigenvalue weighted by molar-refractivity contribution is 6.27. The summed E-state index contributed by atoms with van der Waals surface area (Å²) < 4.78 is 10.9. The lowest BCUT2D eigenvalue weighted by atomic mass is 10.2. The molecule has 1 aliphatic heterocycles. The normalized spacial score (nSPS) is 13.5. The molecule has 132 valence electrons. The third-order valence-corrected chi connectivity index (χ3v) is 3.37. The highest BCUT2D eigenvalue weighted by Gasteiger charge is 2.11. The largest absolute Gasteiger partial charge is 0.493 e. The highest BCUT2D eigenvalue weighted by Crippen LogP contribution is 2.27. The minimum absolute atomic E-state index is 0.596. The van der Waals surface area contributed by atoms with Crippen LogP contribution in [-0.4, -0.2) is 66.7 Å². The van der Waals surface area contributed by atoms with Gasteiger partial charge in [-0.05, 0) is 44.1 Å². The van der Waals surface area contributed by atoms with E-state index in [0.29, 0.717) is 23.7 Å². The Labute approximate surface area is 139 Å². The highest BCUT2D eigenvalue weighted by atomic mass is 16.5. The lowest BCUT2D eigenvalue weighted by molar-refractivity contribution is -0.159. The van der Waals surface area contributed by atoms with Crippen molar-refractivity contribution in [3.8, 4) is 11.5 Å². The van der Waals surface area contributed by atoms with E-state index in [2.05, 4.69) is 4.90 Å². The smallest absolute Gasteiger partial charge is 0.414 e. The fourth-order valence-electron chi connectivity index (χ4n) is 2.17. The standard InChI is InChI=1S/C14H19NO3.C2H2O4/c1-17-14-10-12(11-16)4-5-13(14)18-9-8-15-6-2-3-7-15;3-1(4)2(5)6/h4-5,10-11H,2-3,6-9H2,1H3;(H,3,4)(H,5,6). The van der Waals surface area contributed by atoms with E-state index in [1.54, 1.807) is 25.3 Å². The maximum Gasteiger partial charge on any atom is 0.414 e. The molecule has 8 nitrogen and oxygen atoms in total. The van der Waals surface area contributed by atoms with Crippen LogP contribution in [0.4, 0.5) is 0 Å². The predicted octanol–water partition coefficient (Wildman–Crippen LogP) is 1.14. The molecule has 1 aromatic rings. The zero-order chi connectivity index (χ0) is 17.9. The quantitative estimate of drug-likeness (QED) is 0.586. The van der Waals surface area contributed by atoms with Gasteiger partial charge in [0.15, 0.2) is 11.5 Å². The van der Waals surface area contributed by atoms with Crippen LogP contribution in [0.3, 0.4) is 0 Å². The van der Waals surface area contributed by atoms with Crippen LogP contribution in [0.2, 0.25) is 0 Å². The topological polar surface area (TPSA) is 113 Å². The third kappa shape index (κ3) is 6.66. The molecule has 8 heteroatoms. The number of likely N-dealkylation sites (tertiary alicyclic amines) is 1. The lowest BCUT2D eigenvalue weighted by Crippen LogP contribution is -2.25. The molecule has 1 saturated heterocycles. The summed E-state index contributed by atoms with van der Waals surface area (Å²) in [5.41, 5.74) is 0.596. The zero-order valence-corrected chi connectivity index (χ0v) is 13.4. The predicted molar refractivity (Wildman–Crippen MR) is 84.8 cm³/mol. The summed E-state index contributed by atoms with van der Waals surface area (Å²) in [4.78, 5) is 31.3. The summed E-state index contributed by atoms with van der Waals surface area (Å²) in [6.07, 6.45) is 3.38. The number of hydrogen-bond donors (Lipinski definition) is 2. The van der Waals surface area contributed by atoms with Gasteiger partial charge >= 0.3 is 11.9 Å². The van der Waals surface area contributed by atoms with Crippen LogP contribution in [0.15, 0.2) is 18.2 Å². The third-order valence-electron chi connectivity index (χ3n) is 3.37. The first-order valence-corrected chi connectivity index (χ1v) is 7.42. The number of hydrogen-bond acceptors (Lipinski definition) is 6. The Bertz CT molecular complexity index is 556. The second-order valence-electron chi connectivity index (χ2n) is 5.04. The number of benzene rings is 1. The van der Waals surface area contributed by atoms with Crippen LogP contribution in [0.5, 0.6) is 11.5 Å². The van der Waals surface area contributed by atoms with Crippen molar-refractivity contribution >= 4 is 18.2 Å². The summed E-state index contributed by atoms with van der Waals surface area (Å²) in [5, 5.41) is 14.8. The number of carboxylic acid groups (broad SMARTS) is 2. The second-order valence-corrected chi connectivity index (χ2v) is 5.04. The van der Waals surface area contributed by atoms with E-state index in [0.717, 1.165) is 12.8 Å². The summed E-state index contributed by atoms with van der Waals surface area (Å²) >= 11 is 0. The van der Waals surface area contributed by atoms with E-state index in [-0.39, 0.29) is 0 Å². The summed E-state index contributed by atoms with van der Waals surface area (Å²) in [6.45, 7) is 3.94. The Morgan fingerprint density at radius 3 is 2.29 bits per heavy atom. The van der Waals surface area contributed by atoms with Crippen molar-refractivity contribution in [3.63, 3.8) is 0 Å². The van der Waals surface area contributed by atoms with Crippen molar-refractivity contribution in [2.45, 2.75) is 12.8 Å². The fraction of sp³-hybridized carbons (Fsp3) is 0.438. The summed E-state index contributed by atoms with van der Waals surface area (Å²) in [7, 11) is 1.58. The van der Waals surface area contributed by atoms with E-state index in [9.17, 15) is 4.79 Å². The number of nitrogens with zero attached hydrogens (tertiary/aromatic N) is 1. The van der Waals surface area contributed by atoms with E-state index < -0.39 is 11.9 Å².